The Balaban J connectivity index is 2.34. The number of benzene rings is 1. The average Bonchev–Trinajstić information content (AvgIpc) is 2.37. The number of hydrogen-bond acceptors (Lipinski definition) is 3. The van der Waals surface area contributed by atoms with Gasteiger partial charge in [-0.1, -0.05) is 6.07 Å². The van der Waals surface area contributed by atoms with E-state index in [4.69, 9.17) is 5.11 Å². The van der Waals surface area contributed by atoms with Gasteiger partial charge in [-0.25, -0.2) is 4.79 Å². The zero-order valence-electron chi connectivity index (χ0n) is 10.3. The van der Waals surface area contributed by atoms with Gasteiger partial charge in [0.2, 0.25) is 0 Å². The maximum atomic E-state index is 11.5. The number of aliphatic carboxylic acids is 1. The number of carbonyl (C=O) groups is 2. The molecule has 1 aliphatic carbocycles. The van der Waals surface area contributed by atoms with E-state index in [0.717, 1.165) is 30.4 Å². The molecule has 0 aliphatic heterocycles. The Morgan fingerprint density at radius 1 is 1.44 bits per heavy atom. The molecular formula is C14H16O4. The van der Waals surface area contributed by atoms with Crippen LogP contribution in [0.15, 0.2) is 18.2 Å². The molecule has 1 N–H and O–H groups in total. The fourth-order valence-electron chi connectivity index (χ4n) is 2.56. The van der Waals surface area contributed by atoms with Gasteiger partial charge in [-0.3, -0.25) is 4.79 Å². The molecule has 0 heterocycles. The fraction of sp³-hybridized carbons (Fsp3) is 0.429. The van der Waals surface area contributed by atoms with Crippen LogP contribution in [0.5, 0.6) is 0 Å². The van der Waals surface area contributed by atoms with Gasteiger partial charge < -0.3 is 9.84 Å². The molecule has 0 fully saturated rings. The lowest BCUT2D eigenvalue weighted by atomic mass is 9.80. The number of esters is 1. The van der Waals surface area contributed by atoms with E-state index in [1.165, 1.54) is 7.11 Å². The third kappa shape index (κ3) is 2.53. The topological polar surface area (TPSA) is 63.6 Å². The van der Waals surface area contributed by atoms with Gasteiger partial charge in [0.1, 0.15) is 0 Å². The van der Waals surface area contributed by atoms with E-state index in [0.29, 0.717) is 5.56 Å². The second-order valence-electron chi connectivity index (χ2n) is 4.59. The first kappa shape index (κ1) is 12.6. The second-order valence-corrected chi connectivity index (χ2v) is 4.59. The molecular weight excluding hydrogens is 232 g/mol. The van der Waals surface area contributed by atoms with Crippen molar-refractivity contribution in [1.29, 1.82) is 0 Å². The summed E-state index contributed by atoms with van der Waals surface area (Å²) in [7, 11) is 1.34. The number of ether oxygens (including phenoxy) is 1. The minimum absolute atomic E-state index is 0.0101. The van der Waals surface area contributed by atoms with Crippen LogP contribution in [-0.4, -0.2) is 24.2 Å². The van der Waals surface area contributed by atoms with Gasteiger partial charge in [0.05, 0.1) is 19.1 Å². The molecule has 1 aromatic rings. The molecule has 0 amide bonds. The molecule has 4 nitrogen and oxygen atoms in total. The van der Waals surface area contributed by atoms with Gasteiger partial charge in [-0.05, 0) is 48.4 Å². The fourth-order valence-corrected chi connectivity index (χ4v) is 2.56. The average molecular weight is 248 g/mol. The molecule has 18 heavy (non-hydrogen) atoms. The van der Waals surface area contributed by atoms with E-state index in [1.807, 2.05) is 6.07 Å². The van der Waals surface area contributed by atoms with Crippen molar-refractivity contribution in [3.63, 3.8) is 0 Å². The molecule has 0 bridgehead atoms. The summed E-state index contributed by atoms with van der Waals surface area (Å²) in [6.07, 6.45) is 2.94. The Bertz CT molecular complexity index is 479. The van der Waals surface area contributed by atoms with Gasteiger partial charge in [0.15, 0.2) is 0 Å². The Labute approximate surface area is 106 Å². The number of fused-ring (bicyclic) bond motifs is 1. The second kappa shape index (κ2) is 5.21. The van der Waals surface area contributed by atoms with Crippen LogP contribution in [0.25, 0.3) is 0 Å². The van der Waals surface area contributed by atoms with Gasteiger partial charge in [0, 0.05) is 0 Å². The highest BCUT2D eigenvalue weighted by Gasteiger charge is 2.23. The van der Waals surface area contributed by atoms with Crippen molar-refractivity contribution in [2.75, 3.05) is 7.11 Å². The van der Waals surface area contributed by atoms with Crippen molar-refractivity contribution in [1.82, 2.24) is 0 Å². The monoisotopic (exact) mass is 248 g/mol. The maximum Gasteiger partial charge on any atom is 0.337 e. The molecule has 1 aromatic carbocycles. The van der Waals surface area contributed by atoms with Crippen LogP contribution >= 0.6 is 0 Å². The van der Waals surface area contributed by atoms with E-state index in [-0.39, 0.29) is 18.3 Å². The van der Waals surface area contributed by atoms with E-state index in [1.54, 1.807) is 12.1 Å². The summed E-state index contributed by atoms with van der Waals surface area (Å²) >= 11 is 0. The first-order valence-electron chi connectivity index (χ1n) is 6.04. The Morgan fingerprint density at radius 2 is 2.22 bits per heavy atom. The highest BCUT2D eigenvalue weighted by atomic mass is 16.5. The Morgan fingerprint density at radius 3 is 2.89 bits per heavy atom. The quantitative estimate of drug-likeness (QED) is 0.834. The van der Waals surface area contributed by atoms with Crippen molar-refractivity contribution in [2.45, 2.75) is 31.6 Å². The number of carboxylic acids is 1. The molecule has 96 valence electrons. The number of carbonyl (C=O) groups excluding carboxylic acids is 1. The zero-order chi connectivity index (χ0) is 13.1. The summed E-state index contributed by atoms with van der Waals surface area (Å²) in [4.78, 5) is 22.4. The van der Waals surface area contributed by atoms with E-state index >= 15 is 0 Å². The van der Waals surface area contributed by atoms with Crippen LogP contribution in [0.1, 0.15) is 46.7 Å². The van der Waals surface area contributed by atoms with Crippen molar-refractivity contribution in [2.24, 2.45) is 0 Å². The van der Waals surface area contributed by atoms with E-state index in [9.17, 15) is 9.59 Å². The largest absolute Gasteiger partial charge is 0.481 e. The molecule has 0 aromatic heterocycles. The predicted molar refractivity (Wildman–Crippen MR) is 65.7 cm³/mol. The maximum absolute atomic E-state index is 11.5. The van der Waals surface area contributed by atoms with Crippen LogP contribution in [0.3, 0.4) is 0 Å². The Kier molecular flexibility index (Phi) is 3.65. The number of hydrogen-bond donors (Lipinski definition) is 1. The highest BCUT2D eigenvalue weighted by Crippen LogP contribution is 2.34. The standard InChI is InChI=1S/C14H16O4/c1-18-14(17)11-6-5-9-3-2-4-10(8-13(15)16)12(9)7-11/h5-7,10H,2-4,8H2,1H3,(H,15,16). The molecule has 0 spiro atoms. The normalized spacial score (nSPS) is 17.9. The minimum atomic E-state index is -0.795. The summed E-state index contributed by atoms with van der Waals surface area (Å²) in [5, 5.41) is 8.92. The van der Waals surface area contributed by atoms with Gasteiger partial charge >= 0.3 is 11.9 Å². The van der Waals surface area contributed by atoms with Crippen LogP contribution < -0.4 is 0 Å². The van der Waals surface area contributed by atoms with E-state index in [2.05, 4.69) is 4.74 Å². The van der Waals surface area contributed by atoms with Crippen LogP contribution in [0, 0.1) is 0 Å². The SMILES string of the molecule is COC(=O)c1ccc2c(c1)C(CC(=O)O)CCC2. The Hall–Kier alpha value is -1.84. The van der Waals surface area contributed by atoms with Gasteiger partial charge in [-0.2, -0.15) is 0 Å². The summed E-state index contributed by atoms with van der Waals surface area (Å²) in [5.74, 6) is -1.16. The molecule has 2 rings (SSSR count). The smallest absolute Gasteiger partial charge is 0.337 e. The zero-order valence-corrected chi connectivity index (χ0v) is 10.3. The molecule has 1 atom stereocenters. The predicted octanol–water partition coefficient (Wildman–Crippen LogP) is 2.37. The van der Waals surface area contributed by atoms with Crippen molar-refractivity contribution in [3.8, 4) is 0 Å². The number of rotatable bonds is 3. The third-order valence-corrected chi connectivity index (χ3v) is 3.43. The first-order valence-corrected chi connectivity index (χ1v) is 6.04. The first-order chi connectivity index (χ1) is 8.61. The molecule has 0 saturated heterocycles. The summed E-state index contributed by atoms with van der Waals surface area (Å²) in [6.45, 7) is 0. The van der Waals surface area contributed by atoms with Crippen LogP contribution in [-0.2, 0) is 16.0 Å². The van der Waals surface area contributed by atoms with E-state index < -0.39 is 5.97 Å². The summed E-state index contributed by atoms with van der Waals surface area (Å²) in [6, 6.07) is 5.44. The molecule has 4 heteroatoms. The summed E-state index contributed by atoms with van der Waals surface area (Å²) in [5.41, 5.74) is 2.64. The number of carboxylic acid groups (broad SMARTS) is 1. The lowest BCUT2D eigenvalue weighted by molar-refractivity contribution is -0.137. The number of methoxy groups -OCH3 is 1. The highest BCUT2D eigenvalue weighted by molar-refractivity contribution is 5.89. The lowest BCUT2D eigenvalue weighted by Crippen LogP contribution is -2.15. The molecule has 1 aliphatic rings. The van der Waals surface area contributed by atoms with Gasteiger partial charge in [-0.15, -0.1) is 0 Å². The molecule has 0 saturated carbocycles. The summed E-state index contributed by atoms with van der Waals surface area (Å²) < 4.78 is 4.69. The van der Waals surface area contributed by atoms with Crippen LogP contribution in [0.2, 0.25) is 0 Å². The molecule has 1 unspecified atom stereocenters. The van der Waals surface area contributed by atoms with Crippen molar-refractivity contribution >= 4 is 11.9 Å². The van der Waals surface area contributed by atoms with Crippen LogP contribution in [0.4, 0.5) is 0 Å². The van der Waals surface area contributed by atoms with Crippen molar-refractivity contribution < 1.29 is 19.4 Å². The molecule has 0 radical (unpaired) electrons. The minimum Gasteiger partial charge on any atom is -0.481 e. The lowest BCUT2D eigenvalue weighted by Gasteiger charge is -2.24. The number of aryl methyl sites for hydroxylation is 1. The van der Waals surface area contributed by atoms with Crippen molar-refractivity contribution in [3.05, 3.63) is 34.9 Å². The van der Waals surface area contributed by atoms with Gasteiger partial charge in [0.25, 0.3) is 0 Å². The third-order valence-electron chi connectivity index (χ3n) is 3.43.